The van der Waals surface area contributed by atoms with Crippen LogP contribution in [0.2, 0.25) is 0 Å². The quantitative estimate of drug-likeness (QED) is 0.194. The molecule has 0 saturated heterocycles. The summed E-state index contributed by atoms with van der Waals surface area (Å²) >= 11 is 0. The van der Waals surface area contributed by atoms with Crippen molar-refractivity contribution in [1.29, 1.82) is 5.26 Å². The van der Waals surface area contributed by atoms with Gasteiger partial charge in [0.2, 0.25) is 6.36 Å². The van der Waals surface area contributed by atoms with Crippen LogP contribution in [0.5, 0.6) is 5.75 Å². The van der Waals surface area contributed by atoms with Gasteiger partial charge in [-0.15, -0.1) is 0 Å². The van der Waals surface area contributed by atoms with Gasteiger partial charge >= 0.3 is 0 Å². The molecule has 0 amide bonds. The third-order valence-electron chi connectivity index (χ3n) is 7.41. The van der Waals surface area contributed by atoms with Gasteiger partial charge < -0.3 is 9.47 Å². The van der Waals surface area contributed by atoms with Crippen molar-refractivity contribution in [1.82, 2.24) is 9.61 Å². The smallest absolute Gasteiger partial charge is 0.218 e. The minimum atomic E-state index is -1.69. The SMILES string of the molecule is C=CC(F)OCc1cc(-c2cnn3cc(C(C)(C)C#N)ccc23)cc(OC)c1C(=O)CCC(C)[C@@H]1C[C@@H]1F. The molecule has 6 nitrogen and oxygen atoms in total. The Bertz CT molecular complexity index is 1390. The standard InChI is InChI=1S/C30H33F2N3O3/c1-6-28(32)38-16-20-11-19(23-14-34-35-15-21(8-9-25(23)35)30(3,4)17-33)12-27(37-5)29(20)26(36)10-7-18(2)22-13-24(22)31/h6,8-9,11-12,14-15,18,22,24,28H,1,7,10,13,16H2,2-5H3/t18?,22-,24-,28?/m0/s1. The van der Waals surface area contributed by atoms with Crippen molar-refractivity contribution in [2.24, 2.45) is 11.8 Å². The third-order valence-corrected chi connectivity index (χ3v) is 7.41. The molecule has 4 atom stereocenters. The van der Waals surface area contributed by atoms with Gasteiger partial charge in [-0.3, -0.25) is 4.79 Å². The van der Waals surface area contributed by atoms with Crippen LogP contribution in [0.25, 0.3) is 16.6 Å². The van der Waals surface area contributed by atoms with Gasteiger partial charge in [0.05, 0.1) is 42.5 Å². The van der Waals surface area contributed by atoms with E-state index in [1.807, 2.05) is 39.1 Å². The first-order valence-corrected chi connectivity index (χ1v) is 12.8. The lowest BCUT2D eigenvalue weighted by molar-refractivity contribution is -0.0142. The predicted octanol–water partition coefficient (Wildman–Crippen LogP) is 6.77. The van der Waals surface area contributed by atoms with Crippen LogP contribution >= 0.6 is 0 Å². The summed E-state index contributed by atoms with van der Waals surface area (Å²) in [5, 5.41) is 14.0. The number of hydrogen-bond acceptors (Lipinski definition) is 5. The molecule has 0 N–H and O–H groups in total. The first kappa shape index (κ1) is 27.5. The van der Waals surface area contributed by atoms with Gasteiger partial charge in [0.15, 0.2) is 5.78 Å². The van der Waals surface area contributed by atoms with E-state index in [4.69, 9.17) is 9.47 Å². The summed E-state index contributed by atoms with van der Waals surface area (Å²) in [6.45, 7) is 8.90. The van der Waals surface area contributed by atoms with Crippen molar-refractivity contribution in [3.8, 4) is 22.9 Å². The van der Waals surface area contributed by atoms with Gasteiger partial charge in [0, 0.05) is 18.2 Å². The second-order valence-electron chi connectivity index (χ2n) is 10.5. The summed E-state index contributed by atoms with van der Waals surface area (Å²) in [7, 11) is 1.48. The number of carbonyl (C=O) groups is 1. The summed E-state index contributed by atoms with van der Waals surface area (Å²) in [5.41, 5.74) is 3.27. The Kier molecular flexibility index (Phi) is 7.98. The Hall–Kier alpha value is -3.57. The molecule has 1 fully saturated rings. The van der Waals surface area contributed by atoms with E-state index < -0.39 is 17.9 Å². The molecule has 200 valence electrons. The topological polar surface area (TPSA) is 76.6 Å². The number of pyridine rings is 1. The van der Waals surface area contributed by atoms with Gasteiger partial charge in [0.25, 0.3) is 0 Å². The Morgan fingerprint density at radius 1 is 1.39 bits per heavy atom. The van der Waals surface area contributed by atoms with Crippen LogP contribution in [0, 0.1) is 23.2 Å². The number of rotatable bonds is 12. The van der Waals surface area contributed by atoms with Gasteiger partial charge in [0.1, 0.15) is 11.9 Å². The molecule has 2 unspecified atom stereocenters. The number of halogens is 2. The maximum absolute atomic E-state index is 13.9. The van der Waals surface area contributed by atoms with Crippen LogP contribution < -0.4 is 4.74 Å². The molecule has 0 radical (unpaired) electrons. The summed E-state index contributed by atoms with van der Waals surface area (Å²) < 4.78 is 40.0. The van der Waals surface area contributed by atoms with E-state index in [2.05, 4.69) is 17.7 Å². The monoisotopic (exact) mass is 521 g/mol. The number of hydrogen-bond donors (Lipinski definition) is 0. The predicted molar refractivity (Wildman–Crippen MR) is 141 cm³/mol. The molecule has 2 aromatic heterocycles. The molecular weight excluding hydrogens is 488 g/mol. The molecule has 0 aliphatic heterocycles. The highest BCUT2D eigenvalue weighted by atomic mass is 19.1. The van der Waals surface area contributed by atoms with Crippen LogP contribution in [-0.4, -0.2) is 35.0 Å². The lowest BCUT2D eigenvalue weighted by Crippen LogP contribution is -2.14. The average molecular weight is 522 g/mol. The van der Waals surface area contributed by atoms with E-state index in [0.29, 0.717) is 29.7 Å². The Morgan fingerprint density at radius 2 is 2.13 bits per heavy atom. The maximum atomic E-state index is 13.9. The zero-order valence-electron chi connectivity index (χ0n) is 22.2. The lowest BCUT2D eigenvalue weighted by atomic mass is 9.87. The number of carbonyl (C=O) groups excluding carboxylic acids is 1. The van der Waals surface area contributed by atoms with E-state index >= 15 is 0 Å². The minimum absolute atomic E-state index is 0.0182. The molecule has 3 aromatic rings. The molecule has 1 saturated carbocycles. The average Bonchev–Trinajstić information content (AvgIpc) is 3.50. The van der Waals surface area contributed by atoms with Crippen molar-refractivity contribution in [3.63, 3.8) is 0 Å². The van der Waals surface area contributed by atoms with Gasteiger partial charge in [-0.25, -0.2) is 13.3 Å². The van der Waals surface area contributed by atoms with Crippen molar-refractivity contribution in [2.45, 2.75) is 64.6 Å². The van der Waals surface area contributed by atoms with Crippen LogP contribution in [0.15, 0.2) is 49.3 Å². The molecule has 8 heteroatoms. The number of ether oxygens (including phenoxy) is 2. The first-order chi connectivity index (χ1) is 18.1. The number of ketones is 1. The minimum Gasteiger partial charge on any atom is -0.496 e. The molecular formula is C30H33F2N3O3. The zero-order chi connectivity index (χ0) is 27.6. The van der Waals surface area contributed by atoms with Crippen LogP contribution in [0.1, 0.15) is 61.5 Å². The first-order valence-electron chi connectivity index (χ1n) is 12.8. The molecule has 2 heterocycles. The van der Waals surface area contributed by atoms with Crippen molar-refractivity contribution in [2.75, 3.05) is 7.11 Å². The normalized spacial score (nSPS) is 18.6. The molecule has 1 aliphatic carbocycles. The van der Waals surface area contributed by atoms with Crippen molar-refractivity contribution >= 4 is 11.3 Å². The molecule has 0 spiro atoms. The van der Waals surface area contributed by atoms with Crippen molar-refractivity contribution in [3.05, 3.63) is 66.0 Å². The fourth-order valence-electron chi connectivity index (χ4n) is 4.77. The molecule has 1 aliphatic rings. The number of benzene rings is 1. The summed E-state index contributed by atoms with van der Waals surface area (Å²) in [5.74, 6) is 0.311. The number of nitrogens with zero attached hydrogens (tertiary/aromatic N) is 3. The number of nitriles is 1. The number of fused-ring (bicyclic) bond motifs is 1. The highest BCUT2D eigenvalue weighted by Gasteiger charge is 2.41. The van der Waals surface area contributed by atoms with Crippen LogP contribution in [-0.2, 0) is 16.8 Å². The van der Waals surface area contributed by atoms with Crippen LogP contribution in [0.4, 0.5) is 8.78 Å². The maximum Gasteiger partial charge on any atom is 0.218 e. The van der Waals surface area contributed by atoms with E-state index in [9.17, 15) is 18.8 Å². The number of methoxy groups -OCH3 is 1. The summed E-state index contributed by atoms with van der Waals surface area (Å²) in [6.07, 6.45) is 3.44. The van der Waals surface area contributed by atoms with E-state index in [0.717, 1.165) is 28.3 Å². The highest BCUT2D eigenvalue weighted by Crippen LogP contribution is 2.42. The third kappa shape index (κ3) is 5.63. The van der Waals surface area contributed by atoms with E-state index in [1.165, 1.54) is 7.11 Å². The second kappa shape index (κ2) is 11.0. The van der Waals surface area contributed by atoms with Gasteiger partial charge in [-0.1, -0.05) is 19.6 Å². The molecule has 38 heavy (non-hydrogen) atoms. The largest absolute Gasteiger partial charge is 0.496 e. The number of alkyl halides is 2. The zero-order valence-corrected chi connectivity index (χ0v) is 22.2. The molecule has 4 rings (SSSR count). The van der Waals surface area contributed by atoms with E-state index in [1.54, 1.807) is 22.8 Å². The molecule has 1 aromatic carbocycles. The summed E-state index contributed by atoms with van der Waals surface area (Å²) in [6, 6.07) is 9.64. The Balaban J connectivity index is 1.72. The van der Waals surface area contributed by atoms with Gasteiger partial charge in [-0.2, -0.15) is 10.4 Å². The molecule has 0 bridgehead atoms. The van der Waals surface area contributed by atoms with Gasteiger partial charge in [-0.05, 0) is 79.5 Å². The fraction of sp³-hybridized carbons (Fsp3) is 0.433. The van der Waals surface area contributed by atoms with Crippen molar-refractivity contribution < 1.29 is 23.0 Å². The van der Waals surface area contributed by atoms with Crippen LogP contribution in [0.3, 0.4) is 0 Å². The summed E-state index contributed by atoms with van der Waals surface area (Å²) in [4.78, 5) is 13.4. The number of aromatic nitrogens is 2. The second-order valence-corrected chi connectivity index (χ2v) is 10.5. The lowest BCUT2D eigenvalue weighted by Gasteiger charge is -2.18. The fourth-order valence-corrected chi connectivity index (χ4v) is 4.77. The number of Topliss-reactive ketones (excluding diaryl/α,β-unsaturated/α-hetero) is 1. The Labute approximate surface area is 221 Å². The highest BCUT2D eigenvalue weighted by molar-refractivity contribution is 6.01. The Morgan fingerprint density at radius 3 is 2.76 bits per heavy atom. The van der Waals surface area contributed by atoms with E-state index in [-0.39, 0.29) is 30.6 Å².